The maximum Gasteiger partial charge on any atom is 0.298 e. The van der Waals surface area contributed by atoms with Gasteiger partial charge >= 0.3 is 0 Å². The Morgan fingerprint density at radius 1 is 1.64 bits per heavy atom. The number of rotatable bonds is 1. The van der Waals surface area contributed by atoms with Gasteiger partial charge in [0.2, 0.25) is 6.20 Å². The fraction of sp³-hybridized carbons (Fsp3) is 0. The summed E-state index contributed by atoms with van der Waals surface area (Å²) in [5.74, 6) is 0. The monoisotopic (exact) mass is 170 g/mol. The zero-order chi connectivity index (χ0) is 8.27. The van der Waals surface area contributed by atoms with Gasteiger partial charge in [0.25, 0.3) is 5.03 Å². The predicted molar refractivity (Wildman–Crippen MR) is 41.6 cm³/mol. The highest BCUT2D eigenvalue weighted by Gasteiger charge is 2.09. The number of amidine groups is 1. The maximum absolute atomic E-state index is 9.10. The first-order valence-corrected chi connectivity index (χ1v) is 3.73. The van der Waals surface area contributed by atoms with Crippen molar-refractivity contribution in [1.82, 2.24) is 0 Å². The van der Waals surface area contributed by atoms with Gasteiger partial charge in [0, 0.05) is 28.6 Å². The summed E-state index contributed by atoms with van der Waals surface area (Å²) in [6, 6.07) is 5.12. The van der Waals surface area contributed by atoms with E-state index in [1.54, 1.807) is 18.2 Å². The molecule has 11 heavy (non-hydrogen) atoms. The first kappa shape index (κ1) is 7.87. The number of hydrogen-bond donors (Lipinski definition) is 3. The van der Waals surface area contributed by atoms with Crippen molar-refractivity contribution >= 4 is 16.9 Å². The molecule has 0 saturated heterocycles. The molecule has 4 N–H and O–H groups in total. The van der Waals surface area contributed by atoms with Crippen LogP contribution in [0, 0.1) is 5.41 Å². The second-order valence-electron chi connectivity index (χ2n) is 1.85. The quantitative estimate of drug-likeness (QED) is 0.185. The Hall–Kier alpha value is -1.23. The third-order valence-electron chi connectivity index (χ3n) is 1.02. The number of aromatic nitrogens is 1. The van der Waals surface area contributed by atoms with Crippen molar-refractivity contribution in [2.75, 3.05) is 0 Å². The second-order valence-corrected chi connectivity index (χ2v) is 2.91. The minimum Gasteiger partial charge on any atom is -0.378 e. The molecule has 1 rings (SSSR count). The molecule has 0 amide bonds. The zero-order valence-electron chi connectivity index (χ0n) is 5.69. The highest BCUT2D eigenvalue weighted by Crippen LogP contribution is 2.09. The molecule has 0 spiro atoms. The van der Waals surface area contributed by atoms with Crippen molar-refractivity contribution < 1.29 is 9.94 Å². The third-order valence-corrected chi connectivity index (χ3v) is 1.77. The minimum atomic E-state index is -0.0426. The predicted octanol–water partition coefficient (Wildman–Crippen LogP) is 0.197. The number of nitrogens with one attached hydrogen (secondary N) is 1. The van der Waals surface area contributed by atoms with Crippen molar-refractivity contribution in [3.05, 3.63) is 24.4 Å². The molecular weight excluding hydrogens is 162 g/mol. The largest absolute Gasteiger partial charge is 0.378 e. The molecule has 0 aliphatic heterocycles. The van der Waals surface area contributed by atoms with Crippen molar-refractivity contribution in [3.8, 4) is 0 Å². The van der Waals surface area contributed by atoms with E-state index in [9.17, 15) is 0 Å². The van der Waals surface area contributed by atoms with E-state index in [2.05, 4.69) is 0 Å². The molecule has 0 radical (unpaired) electrons. The van der Waals surface area contributed by atoms with E-state index in [1.807, 2.05) is 0 Å². The van der Waals surface area contributed by atoms with Crippen molar-refractivity contribution in [2.24, 2.45) is 5.73 Å². The van der Waals surface area contributed by atoms with Crippen LogP contribution < -0.4 is 10.5 Å². The molecule has 0 atom stereocenters. The molecule has 4 nitrogen and oxygen atoms in total. The third kappa shape index (κ3) is 2.12. The van der Waals surface area contributed by atoms with Crippen LogP contribution in [0.15, 0.2) is 29.4 Å². The molecule has 0 aliphatic rings. The molecule has 0 fully saturated rings. The number of nitrogens with two attached hydrogens (primary N) is 1. The number of hydrogen-bond acceptors (Lipinski definition) is 3. The van der Waals surface area contributed by atoms with Crippen LogP contribution in [0.1, 0.15) is 0 Å². The van der Waals surface area contributed by atoms with Gasteiger partial charge in [-0.25, -0.2) is 0 Å². The average Bonchev–Trinajstić information content (AvgIpc) is 1.93. The van der Waals surface area contributed by atoms with Crippen LogP contribution in [0.3, 0.4) is 0 Å². The van der Waals surface area contributed by atoms with Crippen molar-refractivity contribution in [1.29, 1.82) is 5.41 Å². The molecule has 0 aromatic carbocycles. The Kier molecular flexibility index (Phi) is 2.32. The van der Waals surface area contributed by atoms with E-state index in [0.717, 1.165) is 16.5 Å². The smallest absolute Gasteiger partial charge is 0.298 e. The van der Waals surface area contributed by atoms with Gasteiger partial charge in [0.1, 0.15) is 0 Å². The van der Waals surface area contributed by atoms with Crippen LogP contribution >= 0.6 is 11.8 Å². The van der Waals surface area contributed by atoms with Gasteiger partial charge in [-0.15, -0.1) is 0 Å². The fourth-order valence-electron chi connectivity index (χ4n) is 0.612. The zero-order valence-corrected chi connectivity index (χ0v) is 6.51. The van der Waals surface area contributed by atoms with Crippen LogP contribution in [-0.2, 0) is 0 Å². The molecule has 1 aromatic heterocycles. The highest BCUT2D eigenvalue weighted by atomic mass is 32.2. The summed E-state index contributed by atoms with van der Waals surface area (Å²) < 4.78 is 0.923. The Balaban J connectivity index is 2.86. The molecule has 58 valence electrons. The Morgan fingerprint density at radius 3 is 2.91 bits per heavy atom. The fourth-order valence-corrected chi connectivity index (χ4v) is 1.14. The molecule has 0 unspecified atom stereocenters. The lowest BCUT2D eigenvalue weighted by Gasteiger charge is -1.92. The van der Waals surface area contributed by atoms with Crippen molar-refractivity contribution in [2.45, 2.75) is 5.03 Å². The molecule has 1 heterocycles. The van der Waals surface area contributed by atoms with Gasteiger partial charge in [0.05, 0.1) is 0 Å². The molecular formula is C6H8N3OS+. The summed E-state index contributed by atoms with van der Waals surface area (Å²) in [6.45, 7) is 0. The maximum atomic E-state index is 9.10. The first-order valence-electron chi connectivity index (χ1n) is 2.92. The minimum absolute atomic E-state index is 0.0426. The van der Waals surface area contributed by atoms with Gasteiger partial charge in [-0.2, -0.15) is 0 Å². The summed E-state index contributed by atoms with van der Waals surface area (Å²) in [5.41, 5.74) is 5.12. The van der Waals surface area contributed by atoms with Crippen LogP contribution in [0.5, 0.6) is 0 Å². The van der Waals surface area contributed by atoms with E-state index in [0.29, 0.717) is 5.03 Å². The summed E-state index contributed by atoms with van der Waals surface area (Å²) >= 11 is 0.999. The van der Waals surface area contributed by atoms with Gasteiger partial charge in [-0.3, -0.25) is 10.6 Å². The SMILES string of the molecule is N=C(N)Sc1cccc[n+]1O. The number of pyridine rings is 1. The number of thioether (sulfide) groups is 1. The average molecular weight is 170 g/mol. The van der Waals surface area contributed by atoms with E-state index in [4.69, 9.17) is 16.4 Å². The Bertz CT molecular complexity index is 276. The molecule has 5 heteroatoms. The molecule has 0 saturated carbocycles. The van der Waals surface area contributed by atoms with E-state index >= 15 is 0 Å². The lowest BCUT2D eigenvalue weighted by molar-refractivity contribution is -0.932. The van der Waals surface area contributed by atoms with Gasteiger partial charge in [-0.05, 0) is 6.07 Å². The van der Waals surface area contributed by atoms with E-state index in [-0.39, 0.29) is 5.17 Å². The van der Waals surface area contributed by atoms with Gasteiger partial charge in [-0.1, -0.05) is 0 Å². The summed E-state index contributed by atoms with van der Waals surface area (Å²) in [7, 11) is 0. The van der Waals surface area contributed by atoms with E-state index < -0.39 is 0 Å². The standard InChI is InChI=1S/C6H8N3OS/c7-6(8)11-5-3-1-2-4-9(5)10/h1-4,10H,(H3,7,8)/q+1. The molecule has 0 bridgehead atoms. The molecule has 0 aliphatic carbocycles. The van der Waals surface area contributed by atoms with Crippen LogP contribution in [-0.4, -0.2) is 10.4 Å². The lowest BCUT2D eigenvalue weighted by Crippen LogP contribution is -2.32. The summed E-state index contributed by atoms with van der Waals surface area (Å²) in [5, 5.41) is 16.5. The normalized spacial score (nSPS) is 9.45. The van der Waals surface area contributed by atoms with Gasteiger partial charge < -0.3 is 5.73 Å². The first-order chi connectivity index (χ1) is 5.20. The Morgan fingerprint density at radius 2 is 2.36 bits per heavy atom. The van der Waals surface area contributed by atoms with Crippen LogP contribution in [0.2, 0.25) is 0 Å². The Labute approximate surface area is 68.1 Å². The second kappa shape index (κ2) is 3.25. The number of nitrogens with zero attached hydrogens (tertiary/aromatic N) is 1. The topological polar surface area (TPSA) is 74.0 Å². The summed E-state index contributed by atoms with van der Waals surface area (Å²) in [4.78, 5) is 0. The van der Waals surface area contributed by atoms with Gasteiger partial charge in [0.15, 0.2) is 5.17 Å². The highest BCUT2D eigenvalue weighted by molar-refractivity contribution is 8.13. The lowest BCUT2D eigenvalue weighted by atomic mass is 10.5. The molecule has 1 aromatic rings. The van der Waals surface area contributed by atoms with Crippen LogP contribution in [0.4, 0.5) is 0 Å². The van der Waals surface area contributed by atoms with E-state index in [1.165, 1.54) is 6.20 Å². The van der Waals surface area contributed by atoms with Crippen LogP contribution in [0.25, 0.3) is 0 Å². The summed E-state index contributed by atoms with van der Waals surface area (Å²) in [6.07, 6.45) is 1.48. The van der Waals surface area contributed by atoms with Crippen molar-refractivity contribution in [3.63, 3.8) is 0 Å².